The molecule has 0 aliphatic heterocycles. The lowest BCUT2D eigenvalue weighted by Gasteiger charge is -2.56. The standard InChI is InChI=1S/C42H48N2O5/c1-27(2)28-9-14-34-30(22-28)11-16-38-41(3,18-7-19-42(34,38)4)26-44-36-15-10-29(31-17-21-48-25-31)23-35(36)43-40(44)33-13-12-32(24-37(33)47-5)49-20-6-8-39(45)46/h9-10,12-15,17,21-25,27,38H,6-8,11,16,18-20,26H2,1-5H3,(H,45,46)/t38-,41+,42+/m0/s1. The van der Waals surface area contributed by atoms with Crippen molar-refractivity contribution in [3.63, 3.8) is 0 Å². The highest BCUT2D eigenvalue weighted by Crippen LogP contribution is 2.58. The molecule has 3 aromatic carbocycles. The Morgan fingerprint density at radius 2 is 1.92 bits per heavy atom. The van der Waals surface area contributed by atoms with Gasteiger partial charge in [-0.2, -0.15) is 0 Å². The molecule has 0 spiro atoms. The van der Waals surface area contributed by atoms with E-state index in [0.717, 1.165) is 46.5 Å². The van der Waals surface area contributed by atoms with E-state index in [1.807, 2.05) is 24.3 Å². The Bertz CT molecular complexity index is 1970. The van der Waals surface area contributed by atoms with Crippen LogP contribution in [0, 0.1) is 11.3 Å². The molecule has 1 fully saturated rings. The SMILES string of the molecule is COc1cc(OCCCC(=O)O)ccc1-c1nc2cc(-c3ccoc3)ccc2n1C[C@@]1(C)CCC[C@]2(C)c3ccc(C(C)C)cc3CC[C@@H]12. The van der Waals surface area contributed by atoms with E-state index in [1.165, 1.54) is 31.2 Å². The van der Waals surface area contributed by atoms with Crippen LogP contribution in [-0.2, 0) is 23.2 Å². The van der Waals surface area contributed by atoms with Crippen LogP contribution in [0.2, 0.25) is 0 Å². The molecule has 0 bridgehead atoms. The summed E-state index contributed by atoms with van der Waals surface area (Å²) in [4.78, 5) is 16.3. The lowest BCUT2D eigenvalue weighted by Crippen LogP contribution is -2.50. The summed E-state index contributed by atoms with van der Waals surface area (Å²) in [5.41, 5.74) is 9.74. The lowest BCUT2D eigenvalue weighted by atomic mass is 9.49. The minimum Gasteiger partial charge on any atom is -0.496 e. The second-order valence-corrected chi connectivity index (χ2v) is 15.0. The molecule has 0 unspecified atom stereocenters. The van der Waals surface area contributed by atoms with Gasteiger partial charge < -0.3 is 23.6 Å². The van der Waals surface area contributed by atoms with E-state index in [4.69, 9.17) is 24.0 Å². The number of hydrogen-bond acceptors (Lipinski definition) is 5. The molecule has 2 aromatic heterocycles. The number of hydrogen-bond donors (Lipinski definition) is 1. The van der Waals surface area contributed by atoms with E-state index >= 15 is 0 Å². The number of furan rings is 1. The first-order chi connectivity index (χ1) is 23.6. The van der Waals surface area contributed by atoms with Gasteiger partial charge in [0.05, 0.1) is 42.8 Å². The maximum Gasteiger partial charge on any atom is 0.303 e. The topological polar surface area (TPSA) is 86.7 Å². The van der Waals surface area contributed by atoms with Gasteiger partial charge in [-0.15, -0.1) is 0 Å². The fourth-order valence-corrected chi connectivity index (χ4v) is 9.02. The molecule has 0 radical (unpaired) electrons. The number of aryl methyl sites for hydroxylation is 1. The van der Waals surface area contributed by atoms with Crippen LogP contribution in [0.15, 0.2) is 77.6 Å². The number of aromatic nitrogens is 2. The molecular weight excluding hydrogens is 612 g/mol. The first-order valence-corrected chi connectivity index (χ1v) is 17.8. The molecular formula is C42H48N2O5. The molecule has 3 atom stereocenters. The molecule has 7 rings (SSSR count). The first-order valence-electron chi connectivity index (χ1n) is 17.8. The number of carboxylic acids is 1. The molecule has 0 saturated heterocycles. The van der Waals surface area contributed by atoms with Gasteiger partial charge in [-0.25, -0.2) is 4.98 Å². The third kappa shape index (κ3) is 6.13. The number of carboxylic acid groups (broad SMARTS) is 1. The van der Waals surface area contributed by atoms with Gasteiger partial charge >= 0.3 is 5.97 Å². The van der Waals surface area contributed by atoms with Crippen LogP contribution < -0.4 is 9.47 Å². The van der Waals surface area contributed by atoms with Crippen LogP contribution in [0.1, 0.15) is 88.8 Å². The number of benzene rings is 3. The Labute approximate surface area is 289 Å². The van der Waals surface area contributed by atoms with Gasteiger partial charge in [0, 0.05) is 24.6 Å². The number of rotatable bonds is 11. The Hall–Kier alpha value is -4.52. The number of methoxy groups -OCH3 is 1. The third-order valence-corrected chi connectivity index (χ3v) is 11.5. The summed E-state index contributed by atoms with van der Waals surface area (Å²) in [6.07, 6.45) is 9.87. The fraction of sp³-hybridized carbons (Fsp3) is 0.429. The van der Waals surface area contributed by atoms with Gasteiger partial charge in [0.2, 0.25) is 0 Å². The number of aliphatic carboxylic acids is 1. The van der Waals surface area contributed by atoms with E-state index < -0.39 is 5.97 Å². The molecule has 49 heavy (non-hydrogen) atoms. The van der Waals surface area contributed by atoms with Crippen molar-refractivity contribution in [3.05, 3.63) is 89.9 Å². The highest BCUT2D eigenvalue weighted by molar-refractivity contribution is 5.86. The van der Waals surface area contributed by atoms with E-state index in [9.17, 15) is 4.79 Å². The van der Waals surface area contributed by atoms with Gasteiger partial charge in [0.1, 0.15) is 17.3 Å². The van der Waals surface area contributed by atoms with E-state index in [1.54, 1.807) is 30.8 Å². The zero-order valence-corrected chi connectivity index (χ0v) is 29.4. The zero-order chi connectivity index (χ0) is 34.3. The van der Waals surface area contributed by atoms with Crippen molar-refractivity contribution in [3.8, 4) is 34.0 Å². The van der Waals surface area contributed by atoms with Crippen molar-refractivity contribution in [2.24, 2.45) is 11.3 Å². The first kappa shape index (κ1) is 33.0. The number of ether oxygens (including phenoxy) is 2. The van der Waals surface area contributed by atoms with Gasteiger partial charge in [-0.05, 0) is 107 Å². The minimum absolute atomic E-state index is 0.0491. The third-order valence-electron chi connectivity index (χ3n) is 11.5. The summed E-state index contributed by atoms with van der Waals surface area (Å²) in [6.45, 7) is 10.8. The maximum atomic E-state index is 11.0. The highest BCUT2D eigenvalue weighted by atomic mass is 16.5. The molecule has 0 amide bonds. The number of fused-ring (bicyclic) bond motifs is 4. The molecule has 256 valence electrons. The minimum atomic E-state index is -0.823. The van der Waals surface area contributed by atoms with Crippen LogP contribution in [-0.4, -0.2) is 34.3 Å². The van der Waals surface area contributed by atoms with Gasteiger partial charge in [-0.3, -0.25) is 4.79 Å². The summed E-state index contributed by atoms with van der Waals surface area (Å²) < 4.78 is 19.7. The van der Waals surface area contributed by atoms with Crippen LogP contribution >= 0.6 is 0 Å². The van der Waals surface area contributed by atoms with Gasteiger partial charge in [-0.1, -0.05) is 58.4 Å². The summed E-state index contributed by atoms with van der Waals surface area (Å²) in [6, 6.07) is 21.7. The Kier molecular flexibility index (Phi) is 8.80. The Balaban J connectivity index is 1.29. The summed E-state index contributed by atoms with van der Waals surface area (Å²) in [7, 11) is 1.68. The summed E-state index contributed by atoms with van der Waals surface area (Å²) >= 11 is 0. The summed E-state index contributed by atoms with van der Waals surface area (Å²) in [5, 5.41) is 9.01. The fourth-order valence-electron chi connectivity index (χ4n) is 9.02. The quantitative estimate of drug-likeness (QED) is 0.142. The number of carbonyl (C=O) groups is 1. The molecule has 2 aliphatic rings. The number of nitrogens with zero attached hydrogens (tertiary/aromatic N) is 2. The second kappa shape index (κ2) is 13.1. The molecule has 2 aliphatic carbocycles. The van der Waals surface area contributed by atoms with Crippen molar-refractivity contribution in [2.75, 3.05) is 13.7 Å². The Morgan fingerprint density at radius 1 is 1.06 bits per heavy atom. The van der Waals surface area contributed by atoms with Crippen molar-refractivity contribution in [2.45, 2.75) is 90.5 Å². The largest absolute Gasteiger partial charge is 0.496 e. The molecule has 7 heteroatoms. The lowest BCUT2D eigenvalue weighted by molar-refractivity contribution is -0.137. The normalized spacial score (nSPS) is 21.8. The molecule has 5 aromatic rings. The average Bonchev–Trinajstić information content (AvgIpc) is 3.75. The van der Waals surface area contributed by atoms with Crippen LogP contribution in [0.25, 0.3) is 33.5 Å². The average molecular weight is 661 g/mol. The zero-order valence-electron chi connectivity index (χ0n) is 29.4. The highest BCUT2D eigenvalue weighted by Gasteiger charge is 2.52. The molecule has 1 N–H and O–H groups in total. The van der Waals surface area contributed by atoms with Crippen LogP contribution in [0.3, 0.4) is 0 Å². The van der Waals surface area contributed by atoms with Crippen LogP contribution in [0.5, 0.6) is 11.5 Å². The van der Waals surface area contributed by atoms with Crippen molar-refractivity contribution < 1.29 is 23.8 Å². The molecule has 1 saturated carbocycles. The summed E-state index contributed by atoms with van der Waals surface area (Å²) in [5.74, 6) is 2.44. The predicted molar refractivity (Wildman–Crippen MR) is 193 cm³/mol. The predicted octanol–water partition coefficient (Wildman–Crippen LogP) is 10.0. The van der Waals surface area contributed by atoms with Crippen molar-refractivity contribution in [1.82, 2.24) is 9.55 Å². The molecule has 2 heterocycles. The second-order valence-electron chi connectivity index (χ2n) is 15.0. The van der Waals surface area contributed by atoms with E-state index in [2.05, 4.69) is 68.7 Å². The van der Waals surface area contributed by atoms with Crippen molar-refractivity contribution >= 4 is 17.0 Å². The smallest absolute Gasteiger partial charge is 0.303 e. The molecule has 7 nitrogen and oxygen atoms in total. The monoisotopic (exact) mass is 660 g/mol. The van der Waals surface area contributed by atoms with E-state index in [0.29, 0.717) is 36.4 Å². The van der Waals surface area contributed by atoms with E-state index in [-0.39, 0.29) is 17.3 Å². The van der Waals surface area contributed by atoms with Gasteiger partial charge in [0.15, 0.2) is 0 Å². The number of imidazole rings is 1. The van der Waals surface area contributed by atoms with Crippen molar-refractivity contribution in [1.29, 1.82) is 0 Å². The Morgan fingerprint density at radius 3 is 2.67 bits per heavy atom. The van der Waals surface area contributed by atoms with Gasteiger partial charge in [0.25, 0.3) is 0 Å². The maximum absolute atomic E-state index is 11.0. The van der Waals surface area contributed by atoms with Crippen LogP contribution in [0.4, 0.5) is 0 Å².